The van der Waals surface area contributed by atoms with Crippen LogP contribution in [0.1, 0.15) is 44.9 Å². The Morgan fingerprint density at radius 3 is 2.30 bits per heavy atom. The van der Waals surface area contributed by atoms with E-state index < -0.39 is 0 Å². The van der Waals surface area contributed by atoms with Crippen LogP contribution in [0.2, 0.25) is 0 Å². The molecule has 0 saturated carbocycles. The summed E-state index contributed by atoms with van der Waals surface area (Å²) in [7, 11) is 1.64. The summed E-state index contributed by atoms with van der Waals surface area (Å²) >= 11 is 0. The quantitative estimate of drug-likeness (QED) is 0.388. The first-order valence-corrected chi connectivity index (χ1v) is 11.8. The predicted molar refractivity (Wildman–Crippen MR) is 132 cm³/mol. The number of methoxy groups -OCH3 is 1. The summed E-state index contributed by atoms with van der Waals surface area (Å²) in [6, 6.07) is 17.6. The molecule has 0 bridgehead atoms. The van der Waals surface area contributed by atoms with E-state index >= 15 is 0 Å². The van der Waals surface area contributed by atoms with Crippen LogP contribution in [0, 0.1) is 12.8 Å². The van der Waals surface area contributed by atoms with E-state index in [0.717, 1.165) is 36.3 Å². The third-order valence-corrected chi connectivity index (χ3v) is 5.51. The number of aliphatic hydroxyl groups excluding tert-OH is 1. The van der Waals surface area contributed by atoms with Gasteiger partial charge < -0.3 is 14.6 Å². The maximum atomic E-state index is 10.5. The summed E-state index contributed by atoms with van der Waals surface area (Å²) in [6.45, 7) is 10.7. The molecular weight excluding hydrogens is 414 g/mol. The number of benzene rings is 2. The molecule has 1 aromatic heterocycles. The predicted octanol–water partition coefficient (Wildman–Crippen LogP) is 5.60. The summed E-state index contributed by atoms with van der Waals surface area (Å²) in [4.78, 5) is 2.30. The van der Waals surface area contributed by atoms with Gasteiger partial charge in [0, 0.05) is 19.6 Å². The molecule has 0 radical (unpaired) electrons. The van der Waals surface area contributed by atoms with E-state index in [1.165, 1.54) is 0 Å². The monoisotopic (exact) mass is 451 g/mol. The van der Waals surface area contributed by atoms with Crippen molar-refractivity contribution in [2.45, 2.75) is 53.2 Å². The molecule has 0 fully saturated rings. The number of aromatic nitrogens is 2. The second kappa shape index (κ2) is 11.9. The lowest BCUT2D eigenvalue weighted by Gasteiger charge is -2.27. The van der Waals surface area contributed by atoms with E-state index in [2.05, 4.69) is 25.7 Å². The van der Waals surface area contributed by atoms with Crippen LogP contribution in [0.4, 0.5) is 0 Å². The standard InChI is InChI=1S/C27H37N3O3/c1-6-12-23(31)18-29(17-20(2)3)19-24-21(4)28-30(22-13-8-7-9-14-22)27(24)33-26-16-11-10-15-25(26)32-5/h7-11,13-16,20,23,31H,6,12,17-19H2,1-5H3. The minimum atomic E-state index is -0.350. The molecule has 1 N–H and O–H groups in total. The smallest absolute Gasteiger partial charge is 0.227 e. The first kappa shape index (κ1) is 24.8. The summed E-state index contributed by atoms with van der Waals surface area (Å²) in [5.74, 6) is 2.45. The number of hydrogen-bond donors (Lipinski definition) is 1. The molecule has 0 aliphatic heterocycles. The number of nitrogens with zero attached hydrogens (tertiary/aromatic N) is 3. The van der Waals surface area contributed by atoms with E-state index in [-0.39, 0.29) is 6.10 Å². The fourth-order valence-electron chi connectivity index (χ4n) is 4.04. The Morgan fingerprint density at radius 2 is 1.67 bits per heavy atom. The highest BCUT2D eigenvalue weighted by Gasteiger charge is 2.23. The summed E-state index contributed by atoms with van der Waals surface area (Å²) in [6.07, 6.45) is 1.41. The van der Waals surface area contributed by atoms with Crippen molar-refractivity contribution < 1.29 is 14.6 Å². The number of hydrogen-bond acceptors (Lipinski definition) is 5. The minimum Gasteiger partial charge on any atom is -0.493 e. The SMILES string of the molecule is CCCC(O)CN(Cc1c(C)nn(-c2ccccc2)c1Oc1ccccc1OC)CC(C)C. The molecule has 0 aliphatic rings. The van der Waals surface area contributed by atoms with Crippen LogP contribution >= 0.6 is 0 Å². The Morgan fingerprint density at radius 1 is 1.00 bits per heavy atom. The van der Waals surface area contributed by atoms with Crippen LogP contribution in [0.25, 0.3) is 5.69 Å². The molecule has 33 heavy (non-hydrogen) atoms. The molecule has 0 saturated heterocycles. The van der Waals surface area contributed by atoms with Gasteiger partial charge in [0.25, 0.3) is 0 Å². The van der Waals surface area contributed by atoms with Gasteiger partial charge >= 0.3 is 0 Å². The maximum Gasteiger partial charge on any atom is 0.227 e. The summed E-state index contributed by atoms with van der Waals surface area (Å²) in [5.41, 5.74) is 2.84. The molecule has 6 heteroatoms. The van der Waals surface area contributed by atoms with Crippen molar-refractivity contribution >= 4 is 0 Å². The van der Waals surface area contributed by atoms with Gasteiger partial charge in [0.1, 0.15) is 0 Å². The average molecular weight is 452 g/mol. The highest BCUT2D eigenvalue weighted by Crippen LogP contribution is 2.36. The Kier molecular flexibility index (Phi) is 8.92. The molecule has 1 atom stereocenters. The van der Waals surface area contributed by atoms with Crippen LogP contribution in [-0.2, 0) is 6.54 Å². The highest BCUT2D eigenvalue weighted by molar-refractivity contribution is 5.47. The lowest BCUT2D eigenvalue weighted by atomic mass is 10.1. The van der Waals surface area contributed by atoms with Crippen LogP contribution in [0.3, 0.4) is 0 Å². The van der Waals surface area contributed by atoms with Crippen LogP contribution < -0.4 is 9.47 Å². The lowest BCUT2D eigenvalue weighted by molar-refractivity contribution is 0.0939. The Hall–Kier alpha value is -2.83. The van der Waals surface area contributed by atoms with E-state index in [1.807, 2.05) is 66.2 Å². The number of para-hydroxylation sites is 3. The second-order valence-corrected chi connectivity index (χ2v) is 8.90. The van der Waals surface area contributed by atoms with Crippen molar-refractivity contribution in [3.63, 3.8) is 0 Å². The number of ether oxygens (including phenoxy) is 2. The normalized spacial score (nSPS) is 12.4. The summed E-state index contributed by atoms with van der Waals surface area (Å²) in [5, 5.41) is 15.4. The number of aryl methyl sites for hydroxylation is 1. The van der Waals surface area contributed by atoms with Crippen LogP contribution in [0.5, 0.6) is 17.4 Å². The Balaban J connectivity index is 2.03. The zero-order chi connectivity index (χ0) is 23.8. The Labute approximate surface area is 197 Å². The van der Waals surface area contributed by atoms with Crippen molar-refractivity contribution in [1.29, 1.82) is 0 Å². The molecule has 178 valence electrons. The third kappa shape index (κ3) is 6.59. The maximum absolute atomic E-state index is 10.5. The van der Waals surface area contributed by atoms with Crippen molar-refractivity contribution in [2.24, 2.45) is 5.92 Å². The van der Waals surface area contributed by atoms with Gasteiger partial charge in [-0.2, -0.15) is 5.10 Å². The first-order chi connectivity index (χ1) is 15.9. The molecule has 6 nitrogen and oxygen atoms in total. The molecule has 0 aliphatic carbocycles. The van der Waals surface area contributed by atoms with Gasteiger partial charge in [-0.3, -0.25) is 4.90 Å². The van der Waals surface area contributed by atoms with Crippen molar-refractivity contribution in [3.05, 3.63) is 65.9 Å². The lowest BCUT2D eigenvalue weighted by Crippen LogP contribution is -2.35. The molecule has 3 rings (SSSR count). The molecule has 3 aromatic rings. The fourth-order valence-corrected chi connectivity index (χ4v) is 4.04. The fraction of sp³-hybridized carbons (Fsp3) is 0.444. The average Bonchev–Trinajstić information content (AvgIpc) is 3.09. The highest BCUT2D eigenvalue weighted by atomic mass is 16.5. The first-order valence-electron chi connectivity index (χ1n) is 11.8. The number of aliphatic hydroxyl groups is 1. The van der Waals surface area contributed by atoms with Gasteiger partial charge in [-0.05, 0) is 43.5 Å². The van der Waals surface area contributed by atoms with Crippen molar-refractivity contribution in [1.82, 2.24) is 14.7 Å². The molecule has 2 aromatic carbocycles. The van der Waals surface area contributed by atoms with E-state index in [0.29, 0.717) is 36.4 Å². The summed E-state index contributed by atoms with van der Waals surface area (Å²) < 4.78 is 13.9. The van der Waals surface area contributed by atoms with Gasteiger partial charge in [0.05, 0.1) is 30.2 Å². The van der Waals surface area contributed by atoms with Gasteiger partial charge in [0.2, 0.25) is 5.88 Å². The van der Waals surface area contributed by atoms with Crippen LogP contribution in [-0.4, -0.2) is 46.1 Å². The minimum absolute atomic E-state index is 0.350. The molecule has 1 unspecified atom stereocenters. The van der Waals surface area contributed by atoms with Gasteiger partial charge in [-0.15, -0.1) is 0 Å². The Bertz CT molecular complexity index is 1000. The zero-order valence-electron chi connectivity index (χ0n) is 20.5. The van der Waals surface area contributed by atoms with Crippen molar-refractivity contribution in [3.8, 4) is 23.1 Å². The van der Waals surface area contributed by atoms with Crippen LogP contribution in [0.15, 0.2) is 54.6 Å². The van der Waals surface area contributed by atoms with Crippen molar-refractivity contribution in [2.75, 3.05) is 20.2 Å². The molecular formula is C27H37N3O3. The number of rotatable bonds is 12. The largest absolute Gasteiger partial charge is 0.493 e. The van der Waals surface area contributed by atoms with Gasteiger partial charge in [-0.25, -0.2) is 4.68 Å². The third-order valence-electron chi connectivity index (χ3n) is 5.51. The molecule has 0 spiro atoms. The molecule has 0 amide bonds. The van der Waals surface area contributed by atoms with E-state index in [9.17, 15) is 5.11 Å². The van der Waals surface area contributed by atoms with Gasteiger partial charge in [-0.1, -0.05) is 57.5 Å². The topological polar surface area (TPSA) is 59.8 Å². The second-order valence-electron chi connectivity index (χ2n) is 8.90. The van der Waals surface area contributed by atoms with Gasteiger partial charge in [0.15, 0.2) is 11.5 Å². The van der Waals surface area contributed by atoms with E-state index in [4.69, 9.17) is 14.6 Å². The van der Waals surface area contributed by atoms with E-state index in [1.54, 1.807) is 7.11 Å². The zero-order valence-corrected chi connectivity index (χ0v) is 20.5. The molecule has 1 heterocycles.